The summed E-state index contributed by atoms with van der Waals surface area (Å²) in [4.78, 5) is 23.5. The third-order valence-corrected chi connectivity index (χ3v) is 5.11. The molecule has 3 rings (SSSR count). The van der Waals surface area contributed by atoms with Crippen LogP contribution in [0.15, 0.2) is 22.8 Å². The van der Waals surface area contributed by atoms with Crippen LogP contribution in [0.5, 0.6) is 0 Å². The molecule has 0 aromatic heterocycles. The highest BCUT2D eigenvalue weighted by atomic mass is 16.6. The second kappa shape index (κ2) is 4.95. The van der Waals surface area contributed by atoms with E-state index in [1.807, 2.05) is 13.0 Å². The van der Waals surface area contributed by atoms with E-state index in [2.05, 4.69) is 0 Å². The number of ether oxygens (including phenoxy) is 2. The molecular weight excluding hydrogens is 284 g/mol. The van der Waals surface area contributed by atoms with Crippen LogP contribution in [0, 0.1) is 11.8 Å². The van der Waals surface area contributed by atoms with E-state index in [9.17, 15) is 14.7 Å². The minimum atomic E-state index is -1.09. The number of hydrogen-bond acceptors (Lipinski definition) is 5. The standard InChI is InChI=1S/C17H22O5/c1-8-5-6-11-13(8)15-14(9(2)16(19)22-15)12(21-10(3)18)7-17(11,4)20/h6,9,12,14-15,20H,5,7H2,1-4H3. The molecule has 0 spiro atoms. The molecule has 5 atom stereocenters. The fourth-order valence-corrected chi connectivity index (χ4v) is 4.08. The first-order chi connectivity index (χ1) is 10.2. The lowest BCUT2D eigenvalue weighted by atomic mass is 9.83. The highest BCUT2D eigenvalue weighted by molar-refractivity contribution is 5.77. The summed E-state index contributed by atoms with van der Waals surface area (Å²) < 4.78 is 11.1. The summed E-state index contributed by atoms with van der Waals surface area (Å²) in [6.07, 6.45) is 2.06. The lowest BCUT2D eigenvalue weighted by Crippen LogP contribution is -2.38. The van der Waals surface area contributed by atoms with Crippen molar-refractivity contribution in [2.75, 3.05) is 0 Å². The van der Waals surface area contributed by atoms with Gasteiger partial charge in [-0.25, -0.2) is 0 Å². The third kappa shape index (κ3) is 2.19. The molecule has 0 aromatic rings. The number of esters is 2. The van der Waals surface area contributed by atoms with Crippen LogP contribution in [-0.4, -0.2) is 34.9 Å². The number of allylic oxidation sites excluding steroid dienone is 2. The number of rotatable bonds is 1. The molecule has 1 saturated heterocycles. The van der Waals surface area contributed by atoms with E-state index in [4.69, 9.17) is 9.47 Å². The van der Waals surface area contributed by atoms with Crippen LogP contribution in [-0.2, 0) is 19.1 Å². The van der Waals surface area contributed by atoms with Crippen LogP contribution in [0.1, 0.15) is 40.5 Å². The largest absolute Gasteiger partial charge is 0.462 e. The number of hydrogen-bond donors (Lipinski definition) is 1. The minimum absolute atomic E-state index is 0.253. The normalized spacial score (nSPS) is 40.6. The average Bonchev–Trinajstić information content (AvgIpc) is 2.87. The van der Waals surface area contributed by atoms with Gasteiger partial charge in [-0.15, -0.1) is 0 Å². The first kappa shape index (κ1) is 15.3. The Bertz CT molecular complexity index is 598. The van der Waals surface area contributed by atoms with Gasteiger partial charge in [-0.05, 0) is 31.4 Å². The number of carbonyl (C=O) groups is 2. The second-order valence-electron chi connectivity index (χ2n) is 6.87. The van der Waals surface area contributed by atoms with E-state index < -0.39 is 23.8 Å². The van der Waals surface area contributed by atoms with Gasteiger partial charge < -0.3 is 14.6 Å². The van der Waals surface area contributed by atoms with Gasteiger partial charge >= 0.3 is 11.9 Å². The molecule has 1 N–H and O–H groups in total. The van der Waals surface area contributed by atoms with Gasteiger partial charge in [-0.2, -0.15) is 0 Å². The van der Waals surface area contributed by atoms with E-state index in [-0.39, 0.29) is 24.2 Å². The molecule has 1 aliphatic heterocycles. The Labute approximate surface area is 130 Å². The Hall–Kier alpha value is -1.62. The van der Waals surface area contributed by atoms with E-state index in [0.29, 0.717) is 0 Å². The maximum atomic E-state index is 12.1. The monoisotopic (exact) mass is 306 g/mol. The lowest BCUT2D eigenvalue weighted by molar-refractivity contribution is -0.153. The van der Waals surface area contributed by atoms with Gasteiger partial charge in [0.2, 0.25) is 0 Å². The topological polar surface area (TPSA) is 72.8 Å². The molecule has 0 aromatic carbocycles. The maximum Gasteiger partial charge on any atom is 0.309 e. The summed E-state index contributed by atoms with van der Waals surface area (Å²) in [5.41, 5.74) is 1.75. The number of carbonyl (C=O) groups excluding carboxylic acids is 2. The van der Waals surface area contributed by atoms with E-state index in [0.717, 1.165) is 23.1 Å². The fourth-order valence-electron chi connectivity index (χ4n) is 4.08. The summed E-state index contributed by atoms with van der Waals surface area (Å²) in [6, 6.07) is 0. The molecule has 22 heavy (non-hydrogen) atoms. The predicted octanol–water partition coefficient (Wildman–Crippen LogP) is 1.90. The van der Waals surface area contributed by atoms with Gasteiger partial charge in [0, 0.05) is 13.3 Å². The predicted molar refractivity (Wildman–Crippen MR) is 78.7 cm³/mol. The summed E-state index contributed by atoms with van der Waals surface area (Å²) >= 11 is 0. The molecule has 3 aliphatic rings. The highest BCUT2D eigenvalue weighted by Crippen LogP contribution is 2.50. The average molecular weight is 306 g/mol. The zero-order valence-corrected chi connectivity index (χ0v) is 13.4. The van der Waals surface area contributed by atoms with E-state index >= 15 is 0 Å². The molecule has 2 aliphatic carbocycles. The van der Waals surface area contributed by atoms with Crippen LogP contribution in [0.25, 0.3) is 0 Å². The highest BCUT2D eigenvalue weighted by Gasteiger charge is 2.55. The van der Waals surface area contributed by atoms with Crippen molar-refractivity contribution in [2.24, 2.45) is 11.8 Å². The van der Waals surface area contributed by atoms with Crippen molar-refractivity contribution in [3.05, 3.63) is 22.8 Å². The van der Waals surface area contributed by atoms with Gasteiger partial charge in [-0.3, -0.25) is 9.59 Å². The van der Waals surface area contributed by atoms with Crippen LogP contribution in [0.2, 0.25) is 0 Å². The summed E-state index contributed by atoms with van der Waals surface area (Å²) in [5.74, 6) is -1.28. The van der Waals surface area contributed by atoms with Crippen molar-refractivity contribution < 1.29 is 24.2 Å². The van der Waals surface area contributed by atoms with Gasteiger partial charge in [0.1, 0.15) is 12.2 Å². The van der Waals surface area contributed by atoms with Crippen LogP contribution < -0.4 is 0 Å². The second-order valence-corrected chi connectivity index (χ2v) is 6.87. The molecule has 5 unspecified atom stereocenters. The van der Waals surface area contributed by atoms with Gasteiger partial charge in [0.25, 0.3) is 0 Å². The fraction of sp³-hybridized carbons (Fsp3) is 0.647. The minimum Gasteiger partial charge on any atom is -0.462 e. The van der Waals surface area contributed by atoms with Crippen molar-refractivity contribution in [3.63, 3.8) is 0 Å². The molecule has 5 heteroatoms. The quantitative estimate of drug-likeness (QED) is 0.749. The van der Waals surface area contributed by atoms with Gasteiger partial charge in [0.15, 0.2) is 0 Å². The lowest BCUT2D eigenvalue weighted by Gasteiger charge is -2.29. The maximum absolute atomic E-state index is 12.1. The molecule has 1 heterocycles. The van der Waals surface area contributed by atoms with Gasteiger partial charge in [0.05, 0.1) is 17.4 Å². The van der Waals surface area contributed by atoms with E-state index in [1.54, 1.807) is 13.8 Å². The third-order valence-electron chi connectivity index (χ3n) is 5.11. The van der Waals surface area contributed by atoms with Crippen LogP contribution >= 0.6 is 0 Å². The number of fused-ring (bicyclic) bond motifs is 3. The number of aliphatic hydroxyl groups is 1. The van der Waals surface area contributed by atoms with Crippen molar-refractivity contribution in [1.29, 1.82) is 0 Å². The Kier molecular flexibility index (Phi) is 3.44. The molecule has 0 amide bonds. The Balaban J connectivity index is 2.10. The molecule has 0 radical (unpaired) electrons. The molecule has 0 bridgehead atoms. The Morgan fingerprint density at radius 3 is 2.82 bits per heavy atom. The summed E-state index contributed by atoms with van der Waals surface area (Å²) in [7, 11) is 0. The zero-order valence-electron chi connectivity index (χ0n) is 13.4. The summed E-state index contributed by atoms with van der Waals surface area (Å²) in [6.45, 7) is 6.88. The molecule has 5 nitrogen and oxygen atoms in total. The smallest absolute Gasteiger partial charge is 0.309 e. The molecule has 1 saturated carbocycles. The molecule has 120 valence electrons. The first-order valence-corrected chi connectivity index (χ1v) is 7.73. The Morgan fingerprint density at radius 2 is 2.18 bits per heavy atom. The van der Waals surface area contributed by atoms with Crippen molar-refractivity contribution >= 4 is 11.9 Å². The van der Waals surface area contributed by atoms with Crippen molar-refractivity contribution in [3.8, 4) is 0 Å². The summed E-state index contributed by atoms with van der Waals surface area (Å²) in [5, 5.41) is 10.9. The van der Waals surface area contributed by atoms with Crippen molar-refractivity contribution in [1.82, 2.24) is 0 Å². The van der Waals surface area contributed by atoms with Gasteiger partial charge in [-0.1, -0.05) is 18.6 Å². The van der Waals surface area contributed by atoms with Crippen LogP contribution in [0.3, 0.4) is 0 Å². The Morgan fingerprint density at radius 1 is 1.50 bits per heavy atom. The van der Waals surface area contributed by atoms with Crippen LogP contribution in [0.4, 0.5) is 0 Å². The molecule has 2 fully saturated rings. The SMILES string of the molecule is CC(=O)OC1CC(C)(O)C2=CCC(C)=C2C2OC(=O)C(C)C12. The molecular formula is C17H22O5. The van der Waals surface area contributed by atoms with E-state index in [1.165, 1.54) is 6.92 Å². The van der Waals surface area contributed by atoms with Crippen molar-refractivity contribution in [2.45, 2.75) is 58.3 Å². The zero-order chi connectivity index (χ0) is 16.2. The first-order valence-electron chi connectivity index (χ1n) is 7.73.